The van der Waals surface area contributed by atoms with Crippen LogP contribution in [0.15, 0.2) is 0 Å². The van der Waals surface area contributed by atoms with Gasteiger partial charge in [-0.2, -0.15) is 0 Å². The number of phosphoric acid groups is 2. The summed E-state index contributed by atoms with van der Waals surface area (Å²) in [5.41, 5.74) is 0. The number of hydrogen-bond acceptors (Lipinski definition) is 15. The number of phosphoric ester groups is 2. The zero-order valence-electron chi connectivity index (χ0n) is 62.7. The van der Waals surface area contributed by atoms with Crippen LogP contribution < -0.4 is 0 Å². The topological polar surface area (TPSA) is 237 Å². The second-order valence-electron chi connectivity index (χ2n) is 28.5. The van der Waals surface area contributed by atoms with Crippen LogP contribution in [0.4, 0.5) is 0 Å². The average molecular weight is 1410 g/mol. The molecule has 3 N–H and O–H groups in total. The molecule has 0 aliphatic rings. The highest BCUT2D eigenvalue weighted by Gasteiger charge is 2.30. The van der Waals surface area contributed by atoms with Crippen molar-refractivity contribution >= 4 is 39.5 Å². The second kappa shape index (κ2) is 68.8. The first-order valence-corrected chi connectivity index (χ1v) is 43.0. The van der Waals surface area contributed by atoms with Crippen LogP contribution in [0.3, 0.4) is 0 Å². The van der Waals surface area contributed by atoms with Gasteiger partial charge in [-0.3, -0.25) is 37.3 Å². The van der Waals surface area contributed by atoms with Crippen molar-refractivity contribution in [2.75, 3.05) is 39.6 Å². The van der Waals surface area contributed by atoms with E-state index >= 15 is 0 Å². The summed E-state index contributed by atoms with van der Waals surface area (Å²) in [5.74, 6) is -0.591. The van der Waals surface area contributed by atoms with E-state index in [1.165, 1.54) is 212 Å². The average Bonchev–Trinajstić information content (AvgIpc) is 2.89. The maximum absolute atomic E-state index is 13.1. The van der Waals surface area contributed by atoms with Gasteiger partial charge in [0.1, 0.15) is 19.3 Å². The fourth-order valence-corrected chi connectivity index (χ4v) is 13.4. The van der Waals surface area contributed by atoms with Crippen LogP contribution in [0.25, 0.3) is 0 Å². The van der Waals surface area contributed by atoms with Crippen molar-refractivity contribution in [2.45, 2.75) is 419 Å². The summed E-state index contributed by atoms with van der Waals surface area (Å²) in [6.45, 7) is 9.55. The molecule has 570 valence electrons. The number of esters is 4. The summed E-state index contributed by atoms with van der Waals surface area (Å²) in [6, 6.07) is 0. The molecule has 3 unspecified atom stereocenters. The molecule has 0 bridgehead atoms. The second-order valence-corrected chi connectivity index (χ2v) is 31.4. The summed E-state index contributed by atoms with van der Waals surface area (Å²) >= 11 is 0. The first-order chi connectivity index (χ1) is 46.4. The predicted octanol–water partition coefficient (Wildman–Crippen LogP) is 22.7. The summed E-state index contributed by atoms with van der Waals surface area (Å²) in [4.78, 5) is 72.7. The van der Waals surface area contributed by atoms with Gasteiger partial charge in [-0.1, -0.05) is 350 Å². The Morgan fingerprint density at radius 3 is 0.792 bits per heavy atom. The molecule has 0 fully saturated rings. The monoisotopic (exact) mass is 1410 g/mol. The number of carbonyl (C=O) groups excluding carboxylic acids is 4. The summed E-state index contributed by atoms with van der Waals surface area (Å²) < 4.78 is 68.4. The van der Waals surface area contributed by atoms with Gasteiger partial charge in [-0.05, 0) is 37.5 Å². The van der Waals surface area contributed by atoms with Crippen LogP contribution in [0.5, 0.6) is 0 Å². The molecular weight excluding hydrogens is 1260 g/mol. The number of hydrogen-bond donors (Lipinski definition) is 3. The van der Waals surface area contributed by atoms with Crippen LogP contribution >= 0.6 is 15.6 Å². The molecule has 0 amide bonds. The van der Waals surface area contributed by atoms with Crippen LogP contribution in [0.2, 0.25) is 0 Å². The number of carbonyl (C=O) groups is 4. The third-order valence-electron chi connectivity index (χ3n) is 18.3. The Morgan fingerprint density at radius 1 is 0.302 bits per heavy atom. The summed E-state index contributed by atoms with van der Waals surface area (Å²) in [7, 11) is -9.91. The van der Waals surface area contributed by atoms with E-state index in [1.807, 2.05) is 0 Å². The fraction of sp³-hybridized carbons (Fsp3) is 0.948. The third-order valence-corrected chi connectivity index (χ3v) is 20.2. The smallest absolute Gasteiger partial charge is 0.462 e. The molecule has 6 atom stereocenters. The first-order valence-electron chi connectivity index (χ1n) is 40.0. The predicted molar refractivity (Wildman–Crippen MR) is 391 cm³/mol. The summed E-state index contributed by atoms with van der Waals surface area (Å²) in [5, 5.41) is 10.6. The molecule has 0 saturated carbocycles. The molecule has 0 rings (SSSR count). The molecule has 0 aliphatic carbocycles. The Labute approximate surface area is 588 Å². The lowest BCUT2D eigenvalue weighted by Crippen LogP contribution is -2.30. The van der Waals surface area contributed by atoms with Gasteiger partial charge in [-0.15, -0.1) is 0 Å². The lowest BCUT2D eigenvalue weighted by molar-refractivity contribution is -0.161. The molecule has 0 spiro atoms. The van der Waals surface area contributed by atoms with E-state index in [2.05, 4.69) is 41.5 Å². The molecule has 0 aromatic carbocycles. The minimum absolute atomic E-state index is 0.103. The largest absolute Gasteiger partial charge is 0.472 e. The molecule has 0 aromatic rings. The molecule has 0 heterocycles. The van der Waals surface area contributed by atoms with Crippen LogP contribution in [0, 0.1) is 11.8 Å². The molecular formula is C77H150O17P2. The van der Waals surface area contributed by atoms with Gasteiger partial charge >= 0.3 is 39.5 Å². The van der Waals surface area contributed by atoms with Gasteiger partial charge in [0.15, 0.2) is 12.2 Å². The first kappa shape index (κ1) is 94.1. The molecule has 0 aliphatic heterocycles. The minimum Gasteiger partial charge on any atom is -0.462 e. The van der Waals surface area contributed by atoms with E-state index in [-0.39, 0.29) is 25.7 Å². The van der Waals surface area contributed by atoms with Gasteiger partial charge in [0.25, 0.3) is 0 Å². The Balaban J connectivity index is 5.18. The standard InChI is InChI=1S/C77H150O17P2/c1-7-10-12-14-16-18-19-20-21-22-23-24-28-31-34-37-41-48-54-60-75(80)88-65-72(93-76(81)61-55-49-42-38-35-32-29-26-25-27-30-33-36-39-45-51-57-69(4)5)67-91-95(83,84)89-63-71(78)64-90-96(85,86)92-68-73(66-87-74(79)59-53-47-40-17-15-13-11-8-2)94-77(82)62-56-50-44-43-46-52-58-70(6)9-3/h69-73,78H,7-68H2,1-6H3,(H,83,84)(H,85,86)/t70?,71-,72-,73-/m1/s1. The number of aliphatic hydroxyl groups is 1. The van der Waals surface area contributed by atoms with Gasteiger partial charge in [0, 0.05) is 25.7 Å². The van der Waals surface area contributed by atoms with Crippen molar-refractivity contribution in [3.63, 3.8) is 0 Å². The van der Waals surface area contributed by atoms with Crippen LogP contribution in [-0.4, -0.2) is 96.7 Å². The van der Waals surface area contributed by atoms with Crippen molar-refractivity contribution in [3.05, 3.63) is 0 Å². The number of rotatable bonds is 76. The number of ether oxygens (including phenoxy) is 4. The zero-order valence-corrected chi connectivity index (χ0v) is 64.5. The quantitative estimate of drug-likeness (QED) is 0.0222. The van der Waals surface area contributed by atoms with Gasteiger partial charge in [0.05, 0.1) is 26.4 Å². The highest BCUT2D eigenvalue weighted by atomic mass is 31.2. The van der Waals surface area contributed by atoms with Crippen molar-refractivity contribution in [2.24, 2.45) is 11.8 Å². The third kappa shape index (κ3) is 69.2. The Kier molecular flexibility index (Phi) is 67.4. The molecule has 19 heteroatoms. The zero-order chi connectivity index (χ0) is 70.7. The van der Waals surface area contributed by atoms with E-state index in [4.69, 9.17) is 37.0 Å². The van der Waals surface area contributed by atoms with Crippen LogP contribution in [0.1, 0.15) is 401 Å². The Morgan fingerprint density at radius 2 is 0.531 bits per heavy atom. The maximum atomic E-state index is 13.1. The van der Waals surface area contributed by atoms with E-state index < -0.39 is 97.5 Å². The van der Waals surface area contributed by atoms with E-state index in [1.54, 1.807) is 0 Å². The molecule has 96 heavy (non-hydrogen) atoms. The Bertz CT molecular complexity index is 1860. The van der Waals surface area contributed by atoms with E-state index in [0.29, 0.717) is 25.7 Å². The molecule has 0 saturated heterocycles. The van der Waals surface area contributed by atoms with Crippen molar-refractivity contribution in [1.82, 2.24) is 0 Å². The molecule has 0 radical (unpaired) electrons. The van der Waals surface area contributed by atoms with Gasteiger partial charge in [-0.25, -0.2) is 9.13 Å². The lowest BCUT2D eigenvalue weighted by atomic mass is 10.00. The Hall–Kier alpha value is -1.94. The highest BCUT2D eigenvalue weighted by Crippen LogP contribution is 2.45. The van der Waals surface area contributed by atoms with Crippen molar-refractivity contribution in [3.8, 4) is 0 Å². The SMILES string of the molecule is CCCCCCCCCCCCCCCCCCCCCC(=O)OC[C@H](COP(=O)(O)OC[C@@H](O)COP(=O)(O)OC[C@@H](COC(=O)CCCCCCCCCC)OC(=O)CCCCCCCCC(C)CC)OC(=O)CCCCCCCCCCCCCCCCCCC(C)C. The van der Waals surface area contributed by atoms with Gasteiger partial charge in [0.2, 0.25) is 0 Å². The normalized spacial score (nSPS) is 14.3. The number of aliphatic hydroxyl groups excluding tert-OH is 1. The van der Waals surface area contributed by atoms with Crippen molar-refractivity contribution in [1.29, 1.82) is 0 Å². The van der Waals surface area contributed by atoms with Crippen LogP contribution in [-0.2, 0) is 65.4 Å². The van der Waals surface area contributed by atoms with Gasteiger partial charge < -0.3 is 33.8 Å². The summed E-state index contributed by atoms with van der Waals surface area (Å²) in [6.07, 6.45) is 57.1. The fourth-order valence-electron chi connectivity index (χ4n) is 11.8. The lowest BCUT2D eigenvalue weighted by Gasteiger charge is -2.21. The van der Waals surface area contributed by atoms with Crippen molar-refractivity contribution < 1.29 is 80.2 Å². The molecule has 17 nitrogen and oxygen atoms in total. The van der Waals surface area contributed by atoms with E-state index in [9.17, 15) is 43.2 Å². The number of unbranched alkanes of at least 4 members (excludes halogenated alkanes) is 45. The molecule has 0 aromatic heterocycles. The maximum Gasteiger partial charge on any atom is 0.472 e. The van der Waals surface area contributed by atoms with E-state index in [0.717, 1.165) is 108 Å². The highest BCUT2D eigenvalue weighted by molar-refractivity contribution is 7.47. The minimum atomic E-state index is -4.96.